The Morgan fingerprint density at radius 3 is 2.66 bits per heavy atom. The van der Waals surface area contributed by atoms with Crippen LogP contribution in [0.5, 0.6) is 0 Å². The van der Waals surface area contributed by atoms with Crippen LogP contribution in [0.15, 0.2) is 77.1 Å². The fourth-order valence-electron chi connectivity index (χ4n) is 3.36. The highest BCUT2D eigenvalue weighted by Gasteiger charge is 2.32. The van der Waals surface area contributed by atoms with E-state index in [-0.39, 0.29) is 22.9 Å². The van der Waals surface area contributed by atoms with Crippen molar-refractivity contribution < 1.29 is 9.59 Å². The Labute approximate surface area is 168 Å². The molecule has 0 spiro atoms. The lowest BCUT2D eigenvalue weighted by Gasteiger charge is -2.34. The third kappa shape index (κ3) is 3.85. The largest absolute Gasteiger partial charge is 0.325 e. The number of hydrogen-bond acceptors (Lipinski definition) is 4. The van der Waals surface area contributed by atoms with Crippen LogP contribution < -0.4 is 5.32 Å². The molecule has 0 radical (unpaired) electrons. The first-order valence-corrected chi connectivity index (χ1v) is 9.35. The second-order valence-corrected chi connectivity index (χ2v) is 7.97. The van der Waals surface area contributed by atoms with E-state index >= 15 is 0 Å². The molecule has 1 unspecified atom stereocenters. The van der Waals surface area contributed by atoms with Gasteiger partial charge in [-0.1, -0.05) is 45.0 Å². The summed E-state index contributed by atoms with van der Waals surface area (Å²) in [6.45, 7) is 6.23. The number of benzene rings is 1. The molecule has 0 fully saturated rings. The molecule has 0 saturated heterocycles. The summed E-state index contributed by atoms with van der Waals surface area (Å²) in [6.07, 6.45) is 8.54. The predicted octanol–water partition coefficient (Wildman–Crippen LogP) is 3.02. The van der Waals surface area contributed by atoms with Gasteiger partial charge in [0.2, 0.25) is 5.91 Å². The maximum absolute atomic E-state index is 12.5. The molecule has 1 atom stereocenters. The summed E-state index contributed by atoms with van der Waals surface area (Å²) in [7, 11) is 0. The second-order valence-electron chi connectivity index (χ2n) is 7.97. The topological polar surface area (TPSA) is 89.2 Å². The number of nitrogens with one attached hydrogen (secondary N) is 1. The minimum Gasteiger partial charge on any atom is -0.325 e. The number of rotatable bonds is 2. The first-order valence-electron chi connectivity index (χ1n) is 9.35. The predicted molar refractivity (Wildman–Crippen MR) is 110 cm³/mol. The average molecular weight is 387 g/mol. The van der Waals surface area contributed by atoms with Crippen molar-refractivity contribution in [2.45, 2.75) is 20.8 Å². The van der Waals surface area contributed by atoms with Gasteiger partial charge in [0, 0.05) is 17.7 Å². The van der Waals surface area contributed by atoms with Crippen molar-refractivity contribution in [1.82, 2.24) is 20.3 Å². The molecule has 4 rings (SSSR count). The SMILES string of the molecule is CC(C)(C)C1=CC(=O)NC2=CC(=NC(=O)c3cnn(-c4ccccc4)n3)C=CC21. The minimum atomic E-state index is -0.490. The van der Waals surface area contributed by atoms with E-state index in [0.717, 1.165) is 17.0 Å². The van der Waals surface area contributed by atoms with Gasteiger partial charge in [0.15, 0.2) is 5.69 Å². The third-order valence-corrected chi connectivity index (χ3v) is 4.78. The molecule has 146 valence electrons. The Hall–Kier alpha value is -3.61. The van der Waals surface area contributed by atoms with E-state index in [9.17, 15) is 9.59 Å². The van der Waals surface area contributed by atoms with Gasteiger partial charge < -0.3 is 5.32 Å². The summed E-state index contributed by atoms with van der Waals surface area (Å²) < 4.78 is 0. The molecule has 7 heteroatoms. The average Bonchev–Trinajstić information content (AvgIpc) is 3.17. The smallest absolute Gasteiger partial charge is 0.299 e. The zero-order valence-electron chi connectivity index (χ0n) is 16.5. The number of allylic oxidation sites excluding steroid dienone is 3. The van der Waals surface area contributed by atoms with Gasteiger partial charge in [-0.25, -0.2) is 4.99 Å². The van der Waals surface area contributed by atoms with Gasteiger partial charge >= 0.3 is 0 Å². The number of aromatic nitrogens is 3. The summed E-state index contributed by atoms with van der Waals surface area (Å²) in [4.78, 5) is 30.2. The Morgan fingerprint density at radius 1 is 1.17 bits per heavy atom. The molecule has 29 heavy (non-hydrogen) atoms. The van der Waals surface area contributed by atoms with Gasteiger partial charge in [0.25, 0.3) is 5.91 Å². The Balaban J connectivity index is 1.58. The standard InChI is InChI=1S/C22H21N5O2/c1-22(2,3)17-12-20(28)25-18-11-14(9-10-16(17)18)24-21(29)19-13-23-27(26-19)15-7-5-4-6-8-15/h4-13,16H,1-3H3,(H,25,28). The molecular formula is C22H21N5O2. The third-order valence-electron chi connectivity index (χ3n) is 4.78. The molecule has 0 bridgehead atoms. The first-order chi connectivity index (χ1) is 13.8. The van der Waals surface area contributed by atoms with Crippen molar-refractivity contribution >= 4 is 17.5 Å². The maximum Gasteiger partial charge on any atom is 0.299 e. The maximum atomic E-state index is 12.5. The molecule has 7 nitrogen and oxygen atoms in total. The highest BCUT2D eigenvalue weighted by molar-refractivity contribution is 6.13. The minimum absolute atomic E-state index is 0.0271. The van der Waals surface area contributed by atoms with E-state index in [4.69, 9.17) is 0 Å². The molecule has 1 aromatic heterocycles. The van der Waals surface area contributed by atoms with Gasteiger partial charge in [-0.2, -0.15) is 9.90 Å². The molecule has 2 aliphatic rings. The molecule has 1 aliphatic carbocycles. The molecule has 1 N–H and O–H groups in total. The van der Waals surface area contributed by atoms with Crippen LogP contribution in [0.3, 0.4) is 0 Å². The van der Waals surface area contributed by atoms with Gasteiger partial charge in [0.05, 0.1) is 17.6 Å². The van der Waals surface area contributed by atoms with E-state index < -0.39 is 5.91 Å². The summed E-state index contributed by atoms with van der Waals surface area (Å²) >= 11 is 0. The number of para-hydroxylation sites is 1. The normalized spacial score (nSPS) is 20.0. The van der Waals surface area contributed by atoms with Gasteiger partial charge in [-0.3, -0.25) is 9.59 Å². The van der Waals surface area contributed by atoms with Crippen molar-refractivity contribution in [3.8, 4) is 5.69 Å². The number of fused-ring (bicyclic) bond motifs is 1. The van der Waals surface area contributed by atoms with Crippen LogP contribution in [-0.4, -0.2) is 32.5 Å². The second kappa shape index (κ2) is 7.09. The molecular weight excluding hydrogens is 366 g/mol. The van der Waals surface area contributed by atoms with Crippen molar-refractivity contribution in [3.63, 3.8) is 0 Å². The number of hydrogen-bond donors (Lipinski definition) is 1. The quantitative estimate of drug-likeness (QED) is 0.858. The zero-order chi connectivity index (χ0) is 20.6. The number of aliphatic imine (C=N–C) groups is 1. The lowest BCUT2D eigenvalue weighted by atomic mass is 9.74. The van der Waals surface area contributed by atoms with Crippen LogP contribution in [0.25, 0.3) is 5.69 Å². The van der Waals surface area contributed by atoms with Crippen molar-refractivity contribution in [3.05, 3.63) is 77.8 Å². The van der Waals surface area contributed by atoms with Gasteiger partial charge in [-0.15, -0.1) is 5.10 Å². The zero-order valence-corrected chi connectivity index (χ0v) is 16.5. The molecule has 2 heterocycles. The summed E-state index contributed by atoms with van der Waals surface area (Å²) in [5, 5.41) is 11.2. The molecule has 1 aliphatic heterocycles. The van der Waals surface area contributed by atoms with Gasteiger partial charge in [-0.05, 0) is 35.3 Å². The van der Waals surface area contributed by atoms with Crippen molar-refractivity contribution in [1.29, 1.82) is 0 Å². The van der Waals surface area contributed by atoms with Crippen LogP contribution in [-0.2, 0) is 4.79 Å². The van der Waals surface area contributed by atoms with Crippen molar-refractivity contribution in [2.75, 3.05) is 0 Å². The van der Waals surface area contributed by atoms with Crippen LogP contribution in [0.4, 0.5) is 0 Å². The lowest BCUT2D eigenvalue weighted by Crippen LogP contribution is -2.36. The van der Waals surface area contributed by atoms with E-state index in [1.54, 1.807) is 18.2 Å². The number of amides is 2. The van der Waals surface area contributed by atoms with Crippen LogP contribution >= 0.6 is 0 Å². The van der Waals surface area contributed by atoms with Crippen LogP contribution in [0.2, 0.25) is 0 Å². The van der Waals surface area contributed by atoms with E-state index in [1.165, 1.54) is 11.0 Å². The highest BCUT2D eigenvalue weighted by atomic mass is 16.2. The number of carbonyl (C=O) groups excluding carboxylic acids is 2. The summed E-state index contributed by atoms with van der Waals surface area (Å²) in [5.74, 6) is -0.680. The van der Waals surface area contributed by atoms with Crippen LogP contribution in [0.1, 0.15) is 31.3 Å². The molecule has 2 aromatic rings. The Morgan fingerprint density at radius 2 is 1.93 bits per heavy atom. The Bertz CT molecular complexity index is 1100. The number of nitrogens with zero attached hydrogens (tertiary/aromatic N) is 4. The van der Waals surface area contributed by atoms with Gasteiger partial charge in [0.1, 0.15) is 0 Å². The van der Waals surface area contributed by atoms with E-state index in [1.807, 2.05) is 36.4 Å². The first kappa shape index (κ1) is 18.7. The monoisotopic (exact) mass is 387 g/mol. The summed E-state index contributed by atoms with van der Waals surface area (Å²) in [6, 6.07) is 9.33. The Kier molecular flexibility index (Phi) is 4.58. The van der Waals surface area contributed by atoms with E-state index in [2.05, 4.69) is 41.3 Å². The lowest BCUT2D eigenvalue weighted by molar-refractivity contribution is -0.116. The molecule has 2 amide bonds. The highest BCUT2D eigenvalue weighted by Crippen LogP contribution is 2.38. The molecule has 0 saturated carbocycles. The number of carbonyl (C=O) groups is 2. The fraction of sp³-hybridized carbons (Fsp3) is 0.227. The van der Waals surface area contributed by atoms with Crippen molar-refractivity contribution in [2.24, 2.45) is 16.3 Å². The van der Waals surface area contributed by atoms with Crippen LogP contribution in [0, 0.1) is 11.3 Å². The fourth-order valence-corrected chi connectivity index (χ4v) is 3.36. The summed E-state index contributed by atoms with van der Waals surface area (Å²) in [5.41, 5.74) is 2.98. The van der Waals surface area contributed by atoms with E-state index in [0.29, 0.717) is 5.71 Å². The molecule has 1 aromatic carbocycles.